The van der Waals surface area contributed by atoms with Crippen molar-refractivity contribution in [3.05, 3.63) is 65.7 Å². The SMILES string of the molecule is Cc1ccc(-c2cc(C(=O)N3CCN(C)CC3)c3ccccc3n2)cc1. The lowest BCUT2D eigenvalue weighted by molar-refractivity contribution is 0.0666. The Bertz CT molecular complexity index is 941. The van der Waals surface area contributed by atoms with E-state index in [1.165, 1.54) is 5.56 Å². The number of amides is 1. The quantitative estimate of drug-likeness (QED) is 0.712. The summed E-state index contributed by atoms with van der Waals surface area (Å²) in [6, 6.07) is 18.1. The zero-order valence-electron chi connectivity index (χ0n) is 15.3. The molecule has 1 aromatic heterocycles. The molecule has 4 heteroatoms. The largest absolute Gasteiger partial charge is 0.336 e. The van der Waals surface area contributed by atoms with E-state index in [4.69, 9.17) is 4.98 Å². The molecule has 1 fully saturated rings. The summed E-state index contributed by atoms with van der Waals surface area (Å²) >= 11 is 0. The van der Waals surface area contributed by atoms with Crippen molar-refractivity contribution in [2.45, 2.75) is 6.92 Å². The second-order valence-electron chi connectivity index (χ2n) is 7.03. The van der Waals surface area contributed by atoms with Crippen LogP contribution in [0, 0.1) is 6.92 Å². The van der Waals surface area contributed by atoms with Gasteiger partial charge >= 0.3 is 0 Å². The third-order valence-corrected chi connectivity index (χ3v) is 5.08. The Morgan fingerprint density at radius 3 is 2.38 bits per heavy atom. The first kappa shape index (κ1) is 16.7. The molecule has 0 bridgehead atoms. The molecule has 0 unspecified atom stereocenters. The molecule has 1 aliphatic heterocycles. The Balaban J connectivity index is 1.79. The lowest BCUT2D eigenvalue weighted by Crippen LogP contribution is -2.47. The van der Waals surface area contributed by atoms with E-state index >= 15 is 0 Å². The number of likely N-dealkylation sites (N-methyl/N-ethyl adjacent to an activating group) is 1. The van der Waals surface area contributed by atoms with Gasteiger partial charge in [-0.15, -0.1) is 0 Å². The van der Waals surface area contributed by atoms with Crippen LogP contribution in [-0.2, 0) is 0 Å². The lowest BCUT2D eigenvalue weighted by Gasteiger charge is -2.32. The zero-order valence-corrected chi connectivity index (χ0v) is 15.3. The van der Waals surface area contributed by atoms with E-state index in [2.05, 4.69) is 43.1 Å². The number of pyridine rings is 1. The van der Waals surface area contributed by atoms with E-state index in [0.717, 1.165) is 53.9 Å². The van der Waals surface area contributed by atoms with Crippen LogP contribution in [0.4, 0.5) is 0 Å². The molecule has 2 heterocycles. The fourth-order valence-corrected chi connectivity index (χ4v) is 3.40. The van der Waals surface area contributed by atoms with Gasteiger partial charge in [0.25, 0.3) is 5.91 Å². The van der Waals surface area contributed by atoms with Crippen molar-refractivity contribution < 1.29 is 4.79 Å². The van der Waals surface area contributed by atoms with E-state index in [-0.39, 0.29) is 5.91 Å². The number of fused-ring (bicyclic) bond motifs is 1. The van der Waals surface area contributed by atoms with Crippen LogP contribution in [0.15, 0.2) is 54.6 Å². The highest BCUT2D eigenvalue weighted by molar-refractivity contribution is 6.07. The van der Waals surface area contributed by atoms with Crippen molar-refractivity contribution in [1.29, 1.82) is 0 Å². The first-order valence-electron chi connectivity index (χ1n) is 9.06. The maximum Gasteiger partial charge on any atom is 0.254 e. The maximum atomic E-state index is 13.2. The molecular weight excluding hydrogens is 322 g/mol. The molecule has 1 saturated heterocycles. The van der Waals surface area contributed by atoms with Crippen molar-refractivity contribution in [3.8, 4) is 11.3 Å². The second-order valence-corrected chi connectivity index (χ2v) is 7.03. The molecule has 0 aliphatic carbocycles. The first-order valence-corrected chi connectivity index (χ1v) is 9.06. The molecule has 26 heavy (non-hydrogen) atoms. The third-order valence-electron chi connectivity index (χ3n) is 5.08. The Kier molecular flexibility index (Phi) is 4.43. The van der Waals surface area contributed by atoms with Gasteiger partial charge in [-0.1, -0.05) is 48.0 Å². The van der Waals surface area contributed by atoms with Crippen molar-refractivity contribution >= 4 is 16.8 Å². The number of para-hydroxylation sites is 1. The summed E-state index contributed by atoms with van der Waals surface area (Å²) in [5.41, 5.74) is 4.71. The first-order chi connectivity index (χ1) is 12.6. The van der Waals surface area contributed by atoms with Crippen molar-refractivity contribution in [1.82, 2.24) is 14.8 Å². The van der Waals surface area contributed by atoms with E-state index in [1.807, 2.05) is 35.2 Å². The molecule has 4 nitrogen and oxygen atoms in total. The smallest absolute Gasteiger partial charge is 0.254 e. The average Bonchev–Trinajstić information content (AvgIpc) is 2.68. The molecule has 0 N–H and O–H groups in total. The van der Waals surface area contributed by atoms with Crippen molar-refractivity contribution in [2.75, 3.05) is 33.2 Å². The predicted molar refractivity (Wildman–Crippen MR) is 105 cm³/mol. The van der Waals surface area contributed by atoms with Crippen LogP contribution in [-0.4, -0.2) is 53.9 Å². The maximum absolute atomic E-state index is 13.2. The van der Waals surface area contributed by atoms with Gasteiger partial charge < -0.3 is 9.80 Å². The molecule has 2 aromatic carbocycles. The van der Waals surface area contributed by atoms with Crippen LogP contribution < -0.4 is 0 Å². The van der Waals surface area contributed by atoms with E-state index in [9.17, 15) is 4.79 Å². The van der Waals surface area contributed by atoms with E-state index in [1.54, 1.807) is 0 Å². The second kappa shape index (κ2) is 6.89. The standard InChI is InChI=1S/C22H23N3O/c1-16-7-9-17(10-8-16)21-15-19(18-5-3-4-6-20(18)23-21)22(26)25-13-11-24(2)12-14-25/h3-10,15H,11-14H2,1-2H3. The topological polar surface area (TPSA) is 36.4 Å². The van der Waals surface area contributed by atoms with Crippen LogP contribution >= 0.6 is 0 Å². The number of rotatable bonds is 2. The van der Waals surface area contributed by atoms with Crippen LogP contribution in [0.3, 0.4) is 0 Å². The minimum absolute atomic E-state index is 0.102. The fraction of sp³-hybridized carbons (Fsp3) is 0.273. The van der Waals surface area contributed by atoms with Crippen molar-refractivity contribution in [3.63, 3.8) is 0 Å². The fourth-order valence-electron chi connectivity index (χ4n) is 3.40. The van der Waals surface area contributed by atoms with E-state index < -0.39 is 0 Å². The molecule has 0 saturated carbocycles. The van der Waals surface area contributed by atoms with Gasteiger partial charge in [-0.2, -0.15) is 0 Å². The van der Waals surface area contributed by atoms with Gasteiger partial charge in [-0.3, -0.25) is 4.79 Å². The van der Waals surface area contributed by atoms with Gasteiger partial charge in [0.15, 0.2) is 0 Å². The van der Waals surface area contributed by atoms with Gasteiger partial charge in [-0.05, 0) is 26.1 Å². The Morgan fingerprint density at radius 1 is 0.962 bits per heavy atom. The summed E-state index contributed by atoms with van der Waals surface area (Å²) in [6.07, 6.45) is 0. The summed E-state index contributed by atoms with van der Waals surface area (Å²) in [5, 5.41) is 0.923. The molecule has 3 aromatic rings. The average molecular weight is 345 g/mol. The predicted octanol–water partition coefficient (Wildman–Crippen LogP) is 3.60. The minimum atomic E-state index is 0.102. The summed E-state index contributed by atoms with van der Waals surface area (Å²) < 4.78 is 0. The zero-order chi connectivity index (χ0) is 18.1. The van der Waals surface area contributed by atoms with Crippen molar-refractivity contribution in [2.24, 2.45) is 0 Å². The molecule has 0 radical (unpaired) electrons. The number of carbonyl (C=O) groups excluding carboxylic acids is 1. The van der Waals surface area contributed by atoms with Gasteiger partial charge in [0, 0.05) is 37.1 Å². The third kappa shape index (κ3) is 3.20. The molecule has 0 spiro atoms. The Hall–Kier alpha value is -2.72. The number of hydrogen-bond acceptors (Lipinski definition) is 3. The van der Waals surface area contributed by atoms with Crippen LogP contribution in [0.5, 0.6) is 0 Å². The molecule has 4 rings (SSSR count). The minimum Gasteiger partial charge on any atom is -0.336 e. The van der Waals surface area contributed by atoms with Gasteiger partial charge in [-0.25, -0.2) is 4.98 Å². The molecular formula is C22H23N3O. The summed E-state index contributed by atoms with van der Waals surface area (Å²) in [5.74, 6) is 0.102. The van der Waals surface area contributed by atoms with E-state index in [0.29, 0.717) is 0 Å². The number of aromatic nitrogens is 1. The van der Waals surface area contributed by atoms with Gasteiger partial charge in [0.2, 0.25) is 0 Å². The number of aryl methyl sites for hydroxylation is 1. The van der Waals surface area contributed by atoms with Crippen LogP contribution in [0.25, 0.3) is 22.2 Å². The number of benzene rings is 2. The lowest BCUT2D eigenvalue weighted by atomic mass is 10.0. The summed E-state index contributed by atoms with van der Waals surface area (Å²) in [6.45, 7) is 5.44. The van der Waals surface area contributed by atoms with Gasteiger partial charge in [0.1, 0.15) is 0 Å². The number of piperazine rings is 1. The number of nitrogens with zero attached hydrogens (tertiary/aromatic N) is 3. The van der Waals surface area contributed by atoms with Crippen LogP contribution in [0.2, 0.25) is 0 Å². The monoisotopic (exact) mass is 345 g/mol. The summed E-state index contributed by atoms with van der Waals surface area (Å²) in [7, 11) is 2.10. The number of hydrogen-bond donors (Lipinski definition) is 0. The highest BCUT2D eigenvalue weighted by Gasteiger charge is 2.23. The number of carbonyl (C=O) groups is 1. The molecule has 132 valence electrons. The molecule has 0 atom stereocenters. The highest BCUT2D eigenvalue weighted by atomic mass is 16.2. The normalized spacial score (nSPS) is 15.4. The van der Waals surface area contributed by atoms with Gasteiger partial charge in [0.05, 0.1) is 16.8 Å². The summed E-state index contributed by atoms with van der Waals surface area (Å²) in [4.78, 5) is 22.2. The Labute approximate surface area is 154 Å². The van der Waals surface area contributed by atoms with Crippen LogP contribution in [0.1, 0.15) is 15.9 Å². The molecule has 1 amide bonds. The molecule has 1 aliphatic rings. The Morgan fingerprint density at radius 2 is 1.65 bits per heavy atom. The highest BCUT2D eigenvalue weighted by Crippen LogP contribution is 2.26.